The van der Waals surface area contributed by atoms with Gasteiger partial charge in [0.05, 0.1) is 98.8 Å². The number of nitrogens with zero attached hydrogens (tertiary/aromatic N) is 15. The van der Waals surface area contributed by atoms with Gasteiger partial charge in [-0.25, -0.2) is 44.9 Å². The largest absolute Gasteiger partial charge is 1.00 e. The number of ether oxygens (including phenoxy) is 1. The molecule has 6 aliphatic heterocycles. The van der Waals surface area contributed by atoms with Crippen LogP contribution in [-0.2, 0) is 17.8 Å². The molecule has 8 aromatic heterocycles. The van der Waals surface area contributed by atoms with Crippen molar-refractivity contribution < 1.29 is 36.4 Å². The smallest absolute Gasteiger partial charge is 0.643 e. The minimum atomic E-state index is -1.72. The highest BCUT2D eigenvalue weighted by molar-refractivity contribution is 7.54. The average Bonchev–Trinajstić information content (AvgIpc) is 1.62. The van der Waals surface area contributed by atoms with Crippen LogP contribution in [0.3, 0.4) is 0 Å². The maximum atomic E-state index is 13.7. The molecule has 588 valence electrons. The summed E-state index contributed by atoms with van der Waals surface area (Å²) in [4.78, 5) is 97.1. The van der Waals surface area contributed by atoms with Gasteiger partial charge in [-0.15, -0.1) is 35.1 Å². The van der Waals surface area contributed by atoms with Crippen molar-refractivity contribution in [2.24, 2.45) is 10.7 Å². The number of nitrogens with two attached hydrogens (primary N) is 1. The Hall–Kier alpha value is -6.94. The summed E-state index contributed by atoms with van der Waals surface area (Å²) in [5, 5.41) is 14.8. The van der Waals surface area contributed by atoms with Crippen molar-refractivity contribution in [1.82, 2.24) is 64.0 Å². The second-order valence-corrected chi connectivity index (χ2v) is 35.1. The zero-order chi connectivity index (χ0) is 75.1. The normalized spacial score (nSPS) is 15.8. The second kappa shape index (κ2) is 44.9. The number of aliphatic imine (C=N–C) groups is 1. The third-order valence-corrected chi connectivity index (χ3v) is 21.2. The molecule has 109 heavy (non-hydrogen) atoms. The van der Waals surface area contributed by atoms with Crippen LogP contribution >= 0.6 is 65.2 Å². The maximum absolute atomic E-state index is 13.7. The van der Waals surface area contributed by atoms with Crippen molar-refractivity contribution in [2.75, 3.05) is 129 Å². The number of likely N-dealkylation sites (N-methyl/N-ethyl adjacent to an activating group) is 2. The number of rotatable bonds is 8. The van der Waals surface area contributed by atoms with E-state index in [0.29, 0.717) is 44.0 Å². The highest BCUT2D eigenvalue weighted by atomic mass is 35.8. The van der Waals surface area contributed by atoms with Crippen LogP contribution in [-0.4, -0.2) is 217 Å². The Balaban J connectivity index is 0.000000203. The first kappa shape index (κ1) is 89.3. The van der Waals surface area contributed by atoms with Gasteiger partial charge in [-0.05, 0) is 155 Å². The number of thiazole rings is 2. The van der Waals surface area contributed by atoms with Crippen LogP contribution in [0.1, 0.15) is 142 Å². The van der Waals surface area contributed by atoms with E-state index in [0.717, 1.165) is 121 Å². The molecule has 3 fully saturated rings. The number of hydrogen-bond acceptors (Lipinski definition) is 22. The number of anilines is 2. The number of hydrogen-bond donors (Lipinski definition) is 4. The van der Waals surface area contributed by atoms with Crippen LogP contribution in [0.5, 0.6) is 0 Å². The fourth-order valence-electron chi connectivity index (χ4n) is 13.5. The van der Waals surface area contributed by atoms with Crippen LogP contribution in [0.15, 0.2) is 112 Å². The molecule has 6 aliphatic rings. The van der Waals surface area contributed by atoms with Crippen molar-refractivity contribution in [2.45, 2.75) is 125 Å². The summed E-state index contributed by atoms with van der Waals surface area (Å²) in [7, 11) is 19.1. The van der Waals surface area contributed by atoms with Gasteiger partial charge in [-0.2, -0.15) is 0 Å². The molecule has 14 heterocycles. The van der Waals surface area contributed by atoms with Crippen molar-refractivity contribution in [1.29, 1.82) is 0 Å². The molecule has 3 saturated heterocycles. The number of aliphatic hydroxyl groups is 1. The Morgan fingerprint density at radius 1 is 0.624 bits per heavy atom. The first-order valence-electron chi connectivity index (χ1n) is 37.0. The second-order valence-electron chi connectivity index (χ2n) is 26.6. The number of amides is 1. The Kier molecular flexibility index (Phi) is 36.8. The van der Waals surface area contributed by atoms with Crippen molar-refractivity contribution in [3.05, 3.63) is 152 Å². The molecule has 2 aromatic carbocycles. The monoisotopic (exact) mass is 1640 g/mol. The fraction of sp³-hybridized carbons (Fsp3) is 0.481. The Morgan fingerprint density at radius 2 is 1.13 bits per heavy atom. The number of nitrogens with one attached hydrogen (secondary N) is 2. The molecule has 32 heteroatoms. The van der Waals surface area contributed by atoms with Gasteiger partial charge in [0, 0.05) is 110 Å². The van der Waals surface area contributed by atoms with Crippen LogP contribution in [0.2, 0.25) is 0 Å². The minimum Gasteiger partial charge on any atom is -1.00 e. The lowest BCUT2D eigenvalue weighted by Crippen LogP contribution is -3.00. The van der Waals surface area contributed by atoms with E-state index >= 15 is 0 Å². The van der Waals surface area contributed by atoms with Gasteiger partial charge in [-0.1, -0.05) is 38.1 Å². The van der Waals surface area contributed by atoms with Gasteiger partial charge in [0.1, 0.15) is 32.4 Å². The number of carbonyl (C=O) groups is 2. The summed E-state index contributed by atoms with van der Waals surface area (Å²) < 4.78 is 13.6. The highest BCUT2D eigenvalue weighted by Crippen LogP contribution is 2.34. The molecule has 0 spiro atoms. The van der Waals surface area contributed by atoms with Crippen LogP contribution < -0.4 is 49.4 Å². The third-order valence-electron chi connectivity index (χ3n) is 18.9. The molecule has 0 unspecified atom stereocenters. The summed E-state index contributed by atoms with van der Waals surface area (Å²) in [6.45, 7) is 23.3. The number of amidine groups is 2. The summed E-state index contributed by atoms with van der Waals surface area (Å²) >= 11 is 1.12. The first-order chi connectivity index (χ1) is 51.5. The van der Waals surface area contributed by atoms with Gasteiger partial charge >= 0.3 is 17.4 Å². The van der Waals surface area contributed by atoms with Crippen molar-refractivity contribution in [3.8, 4) is 0 Å². The van der Waals surface area contributed by atoms with E-state index in [-0.39, 0.29) is 74.0 Å². The number of aryl methyl sites for hydroxylation is 2. The standard InChI is InChI=1S/C27H27N7O2S.C23H24N4O3S.2C9H16N2.C6H9N3.C2H6O.CH4.Al.5ClH/c1-17-14-29-18(15-28-17)16-30-26(36)23-24(35)19-8-9-22(33-11-5-10-32(2)12-13-33)31-25(19)34-20-6-3-4-7-21(20)37-27(23)34;1-3-30-23(29)19-20(28)15-9-10-18(26-12-6-11-25(2)13-14-26)24-21(15)27-16-7-4-5-8-17(16)31-22(19)27;2*1-2-5-9-10-6-4-8-11(9)7-3-1;1-5-3-9-6(2-7)4-8-5;1-2-3;;;;;;;/h3-4,6-9,14-15H,5,10-13,16H2,1-2H3,(H,30,36);4-5,7-10H,3,6,11-14H2,1-2H3;2*1-8H2;3-4H,2,7H2,1H3;3H,2H2,1H3;1H4;;5*1H/q;;;;;;;+3;;;;;/p-3. The Morgan fingerprint density at radius 3 is 1.68 bits per heavy atom. The lowest BCUT2D eigenvalue weighted by atomic mass is 10.1. The Bertz CT molecular complexity index is 4760. The topological polar surface area (TPSA) is 266 Å². The van der Waals surface area contributed by atoms with Gasteiger partial charge in [0.15, 0.2) is 11.3 Å². The zero-order valence-corrected chi connectivity index (χ0v) is 69.2. The van der Waals surface area contributed by atoms with Crippen molar-refractivity contribution in [3.63, 3.8) is 0 Å². The minimum absolute atomic E-state index is 0. The molecular formula is C77H104AlCl5N18O6S2. The third kappa shape index (κ3) is 24.1. The number of aromatic nitrogens is 8. The number of aliphatic hydroxyl groups excluding tert-OH is 1. The number of pyridine rings is 4. The van der Waals surface area contributed by atoms with E-state index in [1.807, 2.05) is 89.4 Å². The Labute approximate surface area is 676 Å². The molecule has 0 saturated carbocycles. The number of halogens is 5. The summed E-state index contributed by atoms with van der Waals surface area (Å²) in [5.41, 5.74) is 11.1. The molecule has 0 radical (unpaired) electrons. The van der Waals surface area contributed by atoms with Gasteiger partial charge in [-0.3, -0.25) is 58.0 Å². The van der Waals surface area contributed by atoms with E-state index in [1.165, 1.54) is 131 Å². The van der Waals surface area contributed by atoms with E-state index in [4.69, 9.17) is 55.7 Å². The van der Waals surface area contributed by atoms with Gasteiger partial charge in [0.2, 0.25) is 16.7 Å². The number of para-hydroxylation sites is 2. The number of esters is 1. The highest BCUT2D eigenvalue weighted by Gasteiger charge is 2.28. The van der Waals surface area contributed by atoms with Crippen LogP contribution in [0.4, 0.5) is 11.6 Å². The molecule has 24 nitrogen and oxygen atoms in total. The first-order valence-corrected chi connectivity index (χ1v) is 43.8. The average molecular weight is 1650 g/mol. The summed E-state index contributed by atoms with van der Waals surface area (Å²) in [5.74, 6) is 3.61. The summed E-state index contributed by atoms with van der Waals surface area (Å²) in [6, 6.07) is 23.2. The molecule has 5 N–H and O–H groups in total. The molecule has 16 rings (SSSR count). The SMILES string of the molecule is C.C1CCC2=NCCCN2CC1.C1CCC2=[N+](CC1)CCCN2.CCO.CCOC(=O)c1c(=O)c2ccc(N3CCCN(C)CC3)nc2n2c1sc1ccccc12.Cc1cnc(CN)cn1.Cc1cnc(CNC(=O)c2c(=O)c3ccc(N4CCCN(C)CC4)nc3n3c2sc2ccccc23)cn1.Cl.[Cl-].[Cl][Al]([Cl])[Cl]. The predicted octanol–water partition coefficient (Wildman–Crippen LogP) is 9.23. The molecular weight excluding hydrogens is 1540 g/mol. The lowest BCUT2D eigenvalue weighted by Gasteiger charge is -2.27. The molecule has 1 amide bonds. The molecule has 0 atom stereocenters. The maximum Gasteiger partial charge on any atom is 0.643 e. The number of benzene rings is 2. The van der Waals surface area contributed by atoms with E-state index in [1.54, 1.807) is 44.7 Å². The predicted molar refractivity (Wildman–Crippen MR) is 449 cm³/mol. The zero-order valence-electron chi connectivity index (χ0n) is 62.5. The van der Waals surface area contributed by atoms with Crippen LogP contribution in [0, 0.1) is 13.8 Å². The quantitative estimate of drug-likeness (QED) is 0.0627. The van der Waals surface area contributed by atoms with Crippen LogP contribution in [0.25, 0.3) is 52.2 Å². The number of fused-ring (bicyclic) bond motifs is 11. The van der Waals surface area contributed by atoms with E-state index in [2.05, 4.69) is 78.7 Å². The van der Waals surface area contributed by atoms with Gasteiger partial charge in [0.25, 0.3) is 5.91 Å². The lowest BCUT2D eigenvalue weighted by molar-refractivity contribution is -0.534. The van der Waals surface area contributed by atoms with E-state index < -0.39 is 23.3 Å². The van der Waals surface area contributed by atoms with Crippen molar-refractivity contribution >= 4 is 164 Å². The molecule has 10 aromatic rings. The molecule has 0 aliphatic carbocycles. The van der Waals surface area contributed by atoms with Gasteiger partial charge < -0.3 is 57.8 Å². The number of carbonyl (C=O) groups excluding carboxylic acids is 2. The fourth-order valence-corrected chi connectivity index (χ4v) is 15.8. The molecule has 0 bridgehead atoms. The summed E-state index contributed by atoms with van der Waals surface area (Å²) in [6.07, 6.45) is 22.2. The van der Waals surface area contributed by atoms with E-state index in [9.17, 15) is 19.2 Å².